The van der Waals surface area contributed by atoms with E-state index in [2.05, 4.69) is 10.6 Å². The van der Waals surface area contributed by atoms with Gasteiger partial charge in [-0.3, -0.25) is 9.59 Å². The van der Waals surface area contributed by atoms with Gasteiger partial charge in [0.05, 0.1) is 5.92 Å². The van der Waals surface area contributed by atoms with Crippen LogP contribution in [-0.4, -0.2) is 48.2 Å². The number of ether oxygens (including phenoxy) is 1. The minimum Gasteiger partial charge on any atom is -0.481 e. The minimum absolute atomic E-state index is 0.0212. The molecular formula is C25H26F2N2O5. The molecule has 9 heteroatoms. The maximum Gasteiger partial charge on any atom is 0.407 e. The molecule has 0 aromatic heterocycles. The molecule has 2 aliphatic rings. The van der Waals surface area contributed by atoms with Crippen LogP contribution in [-0.2, 0) is 14.3 Å². The van der Waals surface area contributed by atoms with Crippen molar-refractivity contribution < 1.29 is 33.0 Å². The highest BCUT2D eigenvalue weighted by molar-refractivity contribution is 5.86. The number of hydrogen-bond donors (Lipinski definition) is 3. The summed E-state index contributed by atoms with van der Waals surface area (Å²) in [5.74, 6) is -2.87. The van der Waals surface area contributed by atoms with Crippen LogP contribution in [0.4, 0.5) is 13.6 Å². The largest absolute Gasteiger partial charge is 0.481 e. The predicted molar refractivity (Wildman–Crippen MR) is 120 cm³/mol. The minimum atomic E-state index is -2.84. The number of carbonyl (C=O) groups is 3. The first kappa shape index (κ1) is 23.7. The van der Waals surface area contributed by atoms with Crippen LogP contribution in [0, 0.1) is 5.92 Å². The number of hydrogen-bond acceptors (Lipinski definition) is 4. The molecule has 0 saturated heterocycles. The topological polar surface area (TPSA) is 105 Å². The predicted octanol–water partition coefficient (Wildman–Crippen LogP) is 3.92. The number of carbonyl (C=O) groups excluding carboxylic acids is 2. The quantitative estimate of drug-likeness (QED) is 0.540. The second-order valence-electron chi connectivity index (χ2n) is 8.64. The molecule has 0 bridgehead atoms. The molecule has 1 fully saturated rings. The van der Waals surface area contributed by atoms with Gasteiger partial charge in [0.2, 0.25) is 12.3 Å². The molecular weight excluding hydrogens is 446 g/mol. The van der Waals surface area contributed by atoms with Gasteiger partial charge in [-0.15, -0.1) is 0 Å². The molecule has 7 nitrogen and oxygen atoms in total. The highest BCUT2D eigenvalue weighted by Gasteiger charge is 2.36. The van der Waals surface area contributed by atoms with Gasteiger partial charge in [-0.05, 0) is 35.1 Å². The average Bonchev–Trinajstić information content (AvgIpc) is 3.39. The van der Waals surface area contributed by atoms with Crippen LogP contribution < -0.4 is 10.6 Å². The van der Waals surface area contributed by atoms with Gasteiger partial charge in [-0.25, -0.2) is 13.6 Å². The van der Waals surface area contributed by atoms with Gasteiger partial charge in [0, 0.05) is 18.4 Å². The van der Waals surface area contributed by atoms with E-state index in [0.29, 0.717) is 19.3 Å². The number of aliphatic carboxylic acids is 1. The van der Waals surface area contributed by atoms with E-state index in [-0.39, 0.29) is 12.5 Å². The van der Waals surface area contributed by atoms with E-state index in [4.69, 9.17) is 4.74 Å². The maximum atomic E-state index is 13.1. The Morgan fingerprint density at radius 1 is 1.00 bits per heavy atom. The summed E-state index contributed by atoms with van der Waals surface area (Å²) < 4.78 is 31.6. The standard InChI is InChI=1S/C25H26F2N2O5/c26-22(27)12-21(23(30)28-20-11-5-10-18(20)24(31)32)29-25(33)34-13-19-16-8-3-1-6-14(16)15-7-2-4-9-17(15)19/h1-4,6-9,18-22H,5,10-13H2,(H,28,30)(H,29,33)(H,31,32). The average molecular weight is 472 g/mol. The summed E-state index contributed by atoms with van der Waals surface area (Å²) in [6, 6.07) is 13.3. The SMILES string of the molecule is O=C(NC(CC(F)F)C(=O)NC1CCCC1C(=O)O)OCC1c2ccccc2-c2ccccc21. The molecule has 1 saturated carbocycles. The summed E-state index contributed by atoms with van der Waals surface area (Å²) in [5.41, 5.74) is 4.09. The van der Waals surface area contributed by atoms with Crippen molar-refractivity contribution in [3.63, 3.8) is 0 Å². The molecule has 180 valence electrons. The number of nitrogens with one attached hydrogen (secondary N) is 2. The first-order chi connectivity index (χ1) is 16.3. The zero-order valence-corrected chi connectivity index (χ0v) is 18.4. The molecule has 0 heterocycles. The van der Waals surface area contributed by atoms with Gasteiger partial charge in [-0.2, -0.15) is 0 Å². The van der Waals surface area contributed by atoms with Crippen molar-refractivity contribution in [3.8, 4) is 11.1 Å². The molecule has 0 radical (unpaired) electrons. The van der Waals surface area contributed by atoms with Gasteiger partial charge < -0.3 is 20.5 Å². The van der Waals surface area contributed by atoms with Crippen LogP contribution in [0.3, 0.4) is 0 Å². The van der Waals surface area contributed by atoms with E-state index in [1.165, 1.54) is 0 Å². The highest BCUT2D eigenvalue weighted by Crippen LogP contribution is 2.44. The van der Waals surface area contributed by atoms with Crippen molar-refractivity contribution in [2.45, 2.75) is 50.1 Å². The summed E-state index contributed by atoms with van der Waals surface area (Å²) in [4.78, 5) is 36.4. The van der Waals surface area contributed by atoms with Crippen molar-refractivity contribution >= 4 is 18.0 Å². The first-order valence-electron chi connectivity index (χ1n) is 11.3. The molecule has 0 spiro atoms. The van der Waals surface area contributed by atoms with Crippen LogP contribution in [0.2, 0.25) is 0 Å². The fourth-order valence-corrected chi connectivity index (χ4v) is 4.90. The third-order valence-electron chi connectivity index (χ3n) is 6.53. The van der Waals surface area contributed by atoms with Crippen molar-refractivity contribution in [3.05, 3.63) is 59.7 Å². The zero-order valence-electron chi connectivity index (χ0n) is 18.4. The number of amides is 2. The second-order valence-corrected chi connectivity index (χ2v) is 8.64. The van der Waals surface area contributed by atoms with E-state index in [1.807, 2.05) is 48.5 Å². The van der Waals surface area contributed by atoms with E-state index in [1.54, 1.807) is 0 Å². The number of carboxylic acid groups (broad SMARTS) is 1. The van der Waals surface area contributed by atoms with Gasteiger partial charge in [0.1, 0.15) is 12.6 Å². The summed E-state index contributed by atoms with van der Waals surface area (Å²) in [6.07, 6.45) is -3.27. The molecule has 3 N–H and O–H groups in total. The Hall–Kier alpha value is -3.49. The number of carboxylic acids is 1. The number of fused-ring (bicyclic) bond motifs is 3. The lowest BCUT2D eigenvalue weighted by molar-refractivity contribution is -0.142. The van der Waals surface area contributed by atoms with Crippen LogP contribution in [0.1, 0.15) is 42.7 Å². The van der Waals surface area contributed by atoms with Crippen molar-refractivity contribution in [1.82, 2.24) is 10.6 Å². The Kier molecular flexibility index (Phi) is 7.09. The molecule has 2 amide bonds. The molecule has 34 heavy (non-hydrogen) atoms. The Bertz CT molecular complexity index is 1030. The van der Waals surface area contributed by atoms with Crippen molar-refractivity contribution in [2.24, 2.45) is 5.92 Å². The number of halogens is 2. The van der Waals surface area contributed by atoms with Crippen LogP contribution in [0.15, 0.2) is 48.5 Å². The summed E-state index contributed by atoms with van der Waals surface area (Å²) in [5, 5.41) is 14.0. The van der Waals surface area contributed by atoms with E-state index in [0.717, 1.165) is 22.3 Å². The molecule has 4 rings (SSSR count). The lowest BCUT2D eigenvalue weighted by atomic mass is 9.98. The molecule has 3 atom stereocenters. The van der Waals surface area contributed by atoms with Crippen LogP contribution in [0.5, 0.6) is 0 Å². The fraction of sp³-hybridized carbons (Fsp3) is 0.400. The normalized spacial score (nSPS) is 19.9. The fourth-order valence-electron chi connectivity index (χ4n) is 4.90. The molecule has 3 unspecified atom stereocenters. The molecule has 0 aliphatic heterocycles. The number of alkyl halides is 2. The Balaban J connectivity index is 1.40. The summed E-state index contributed by atoms with van der Waals surface area (Å²) >= 11 is 0. The number of benzene rings is 2. The summed E-state index contributed by atoms with van der Waals surface area (Å²) in [6.45, 7) is -0.0212. The molecule has 2 aromatic rings. The first-order valence-corrected chi connectivity index (χ1v) is 11.3. The Morgan fingerprint density at radius 3 is 2.21 bits per heavy atom. The Labute approximate surface area is 195 Å². The second kappa shape index (κ2) is 10.2. The van der Waals surface area contributed by atoms with E-state index >= 15 is 0 Å². The molecule has 2 aromatic carbocycles. The van der Waals surface area contributed by atoms with Crippen LogP contribution >= 0.6 is 0 Å². The van der Waals surface area contributed by atoms with Gasteiger partial charge in [-0.1, -0.05) is 55.0 Å². The van der Waals surface area contributed by atoms with Crippen molar-refractivity contribution in [1.29, 1.82) is 0 Å². The number of alkyl carbamates (subject to hydrolysis) is 1. The van der Waals surface area contributed by atoms with Gasteiger partial charge >= 0.3 is 12.1 Å². The van der Waals surface area contributed by atoms with Gasteiger partial charge in [0.15, 0.2) is 0 Å². The third-order valence-corrected chi connectivity index (χ3v) is 6.53. The van der Waals surface area contributed by atoms with E-state index in [9.17, 15) is 28.3 Å². The summed E-state index contributed by atoms with van der Waals surface area (Å²) in [7, 11) is 0. The van der Waals surface area contributed by atoms with Gasteiger partial charge in [0.25, 0.3) is 0 Å². The van der Waals surface area contributed by atoms with Crippen LogP contribution in [0.25, 0.3) is 11.1 Å². The Morgan fingerprint density at radius 2 is 1.62 bits per heavy atom. The van der Waals surface area contributed by atoms with Crippen molar-refractivity contribution in [2.75, 3.05) is 6.61 Å². The smallest absolute Gasteiger partial charge is 0.407 e. The lowest BCUT2D eigenvalue weighted by Gasteiger charge is -2.23. The highest BCUT2D eigenvalue weighted by atomic mass is 19.3. The van der Waals surface area contributed by atoms with E-state index < -0.39 is 48.8 Å². The molecule has 2 aliphatic carbocycles. The third kappa shape index (κ3) is 5.03. The monoisotopic (exact) mass is 472 g/mol. The maximum absolute atomic E-state index is 13.1. The lowest BCUT2D eigenvalue weighted by Crippen LogP contribution is -2.52. The number of rotatable bonds is 8. The zero-order chi connectivity index (χ0) is 24.2.